The zero-order valence-corrected chi connectivity index (χ0v) is 22.6. The standard InChI is InChI=1S/C28H25Cl2N3O5/c1-15(34)31-18-6-5-7-20(14-18)33-24(16-8-10-19(11-9-16)32(2)3)23(26(36)28(33)37)25(35)17-12-21(29)27(38-4)22(30)13-17/h5-14,24,35H,1-4H3,(H,31,34)/b25-23+. The molecule has 0 aromatic heterocycles. The molecule has 38 heavy (non-hydrogen) atoms. The van der Waals surface area contributed by atoms with Crippen LogP contribution in [-0.4, -0.2) is 43.9 Å². The number of aliphatic hydroxyl groups is 1. The lowest BCUT2D eigenvalue weighted by atomic mass is 9.94. The van der Waals surface area contributed by atoms with Gasteiger partial charge in [0, 0.05) is 43.6 Å². The number of anilines is 3. The molecule has 0 aliphatic carbocycles. The fourth-order valence-electron chi connectivity index (χ4n) is 4.35. The molecule has 0 bridgehead atoms. The number of benzene rings is 3. The number of carbonyl (C=O) groups is 3. The zero-order chi connectivity index (χ0) is 27.7. The minimum Gasteiger partial charge on any atom is -0.507 e. The van der Waals surface area contributed by atoms with Crippen LogP contribution in [0.3, 0.4) is 0 Å². The summed E-state index contributed by atoms with van der Waals surface area (Å²) in [5.74, 6) is -2.21. The van der Waals surface area contributed by atoms with E-state index in [2.05, 4.69) is 5.32 Å². The minimum atomic E-state index is -0.974. The second-order valence-electron chi connectivity index (χ2n) is 8.86. The summed E-state index contributed by atoms with van der Waals surface area (Å²) < 4.78 is 5.18. The van der Waals surface area contributed by atoms with E-state index in [0.29, 0.717) is 16.9 Å². The topological polar surface area (TPSA) is 99.2 Å². The van der Waals surface area contributed by atoms with Crippen molar-refractivity contribution in [1.82, 2.24) is 0 Å². The van der Waals surface area contributed by atoms with Gasteiger partial charge in [0.05, 0.1) is 28.8 Å². The van der Waals surface area contributed by atoms with Crippen LogP contribution < -0.4 is 19.9 Å². The maximum atomic E-state index is 13.4. The summed E-state index contributed by atoms with van der Waals surface area (Å²) in [6.07, 6.45) is 0. The van der Waals surface area contributed by atoms with Crippen LogP contribution in [0.25, 0.3) is 5.76 Å². The monoisotopic (exact) mass is 553 g/mol. The maximum absolute atomic E-state index is 13.4. The number of methoxy groups -OCH3 is 1. The van der Waals surface area contributed by atoms with E-state index in [1.54, 1.807) is 36.4 Å². The Hall–Kier alpha value is -4.01. The lowest BCUT2D eigenvalue weighted by Gasteiger charge is -2.26. The molecular formula is C28H25Cl2N3O5. The van der Waals surface area contributed by atoms with Crippen LogP contribution in [0, 0.1) is 0 Å². The van der Waals surface area contributed by atoms with E-state index in [0.717, 1.165) is 5.69 Å². The smallest absolute Gasteiger partial charge is 0.300 e. The summed E-state index contributed by atoms with van der Waals surface area (Å²) in [5.41, 5.74) is 2.34. The minimum absolute atomic E-state index is 0.130. The Morgan fingerprint density at radius 3 is 2.21 bits per heavy atom. The van der Waals surface area contributed by atoms with Crippen molar-refractivity contribution in [3.05, 3.63) is 87.4 Å². The zero-order valence-electron chi connectivity index (χ0n) is 21.1. The van der Waals surface area contributed by atoms with Crippen LogP contribution in [0.2, 0.25) is 10.0 Å². The van der Waals surface area contributed by atoms with Gasteiger partial charge < -0.3 is 20.1 Å². The summed E-state index contributed by atoms with van der Waals surface area (Å²) in [7, 11) is 5.20. The molecule has 2 amide bonds. The first-order valence-electron chi connectivity index (χ1n) is 11.5. The number of hydrogen-bond donors (Lipinski definition) is 2. The highest BCUT2D eigenvalue weighted by molar-refractivity contribution is 6.52. The predicted octanol–water partition coefficient (Wildman–Crippen LogP) is 5.65. The number of nitrogens with zero attached hydrogens (tertiary/aromatic N) is 2. The van der Waals surface area contributed by atoms with Crippen molar-refractivity contribution < 1.29 is 24.2 Å². The van der Waals surface area contributed by atoms with Crippen molar-refractivity contribution in [3.63, 3.8) is 0 Å². The second-order valence-corrected chi connectivity index (χ2v) is 9.67. The van der Waals surface area contributed by atoms with Crippen molar-refractivity contribution in [3.8, 4) is 5.75 Å². The van der Waals surface area contributed by atoms with E-state index in [1.165, 1.54) is 31.1 Å². The Bertz CT molecular complexity index is 1440. The lowest BCUT2D eigenvalue weighted by molar-refractivity contribution is -0.132. The highest BCUT2D eigenvalue weighted by atomic mass is 35.5. The van der Waals surface area contributed by atoms with Gasteiger partial charge in [-0.05, 0) is 48.0 Å². The average Bonchev–Trinajstić information content (AvgIpc) is 3.13. The number of Topliss-reactive ketones (excluding diaryl/α,β-unsaturated/α-hetero) is 1. The number of amides is 2. The molecule has 0 saturated carbocycles. The maximum Gasteiger partial charge on any atom is 0.300 e. The number of aliphatic hydroxyl groups excluding tert-OH is 1. The highest BCUT2D eigenvalue weighted by Crippen LogP contribution is 2.44. The molecule has 2 N–H and O–H groups in total. The Morgan fingerprint density at radius 1 is 1.03 bits per heavy atom. The number of rotatable bonds is 6. The van der Waals surface area contributed by atoms with Gasteiger partial charge in [0.2, 0.25) is 5.91 Å². The van der Waals surface area contributed by atoms with Crippen LogP contribution in [0.1, 0.15) is 24.1 Å². The van der Waals surface area contributed by atoms with Crippen molar-refractivity contribution >= 4 is 63.6 Å². The molecule has 0 spiro atoms. The first-order valence-corrected chi connectivity index (χ1v) is 12.3. The summed E-state index contributed by atoms with van der Waals surface area (Å²) in [6.45, 7) is 1.37. The van der Waals surface area contributed by atoms with E-state index < -0.39 is 23.5 Å². The van der Waals surface area contributed by atoms with Crippen molar-refractivity contribution in [2.24, 2.45) is 0 Å². The Kier molecular flexibility index (Phi) is 7.66. The molecule has 3 aromatic rings. The first kappa shape index (κ1) is 27.0. The Morgan fingerprint density at radius 2 is 1.66 bits per heavy atom. The highest BCUT2D eigenvalue weighted by Gasteiger charge is 2.47. The number of halogens is 2. The normalized spacial score (nSPS) is 16.5. The van der Waals surface area contributed by atoms with Gasteiger partial charge in [-0.2, -0.15) is 0 Å². The molecule has 1 aliphatic rings. The fraction of sp³-hybridized carbons (Fsp3) is 0.179. The van der Waals surface area contributed by atoms with Gasteiger partial charge in [0.15, 0.2) is 5.75 Å². The van der Waals surface area contributed by atoms with Crippen LogP contribution >= 0.6 is 23.2 Å². The van der Waals surface area contributed by atoms with Gasteiger partial charge >= 0.3 is 0 Å². The largest absolute Gasteiger partial charge is 0.507 e. The molecule has 196 valence electrons. The number of hydrogen-bond acceptors (Lipinski definition) is 6. The number of carbonyl (C=O) groups excluding carboxylic acids is 3. The predicted molar refractivity (Wildman–Crippen MR) is 149 cm³/mol. The van der Waals surface area contributed by atoms with Crippen LogP contribution in [0.15, 0.2) is 66.2 Å². The molecule has 1 heterocycles. The van der Waals surface area contributed by atoms with Gasteiger partial charge in [0.25, 0.3) is 11.7 Å². The number of ether oxygens (including phenoxy) is 1. The summed E-state index contributed by atoms with van der Waals surface area (Å²) in [5, 5.41) is 14.3. The lowest BCUT2D eigenvalue weighted by Crippen LogP contribution is -2.29. The van der Waals surface area contributed by atoms with E-state index in [4.69, 9.17) is 27.9 Å². The first-order chi connectivity index (χ1) is 18.0. The van der Waals surface area contributed by atoms with Gasteiger partial charge in [-0.3, -0.25) is 19.3 Å². The fourth-order valence-corrected chi connectivity index (χ4v) is 4.99. The molecule has 1 unspecified atom stereocenters. The molecule has 1 atom stereocenters. The third-order valence-electron chi connectivity index (χ3n) is 6.09. The third-order valence-corrected chi connectivity index (χ3v) is 6.65. The molecule has 1 fully saturated rings. The molecule has 1 aliphatic heterocycles. The molecule has 8 nitrogen and oxygen atoms in total. The number of nitrogens with one attached hydrogen (secondary N) is 1. The summed E-state index contributed by atoms with van der Waals surface area (Å²) in [6, 6.07) is 15.7. The molecule has 0 radical (unpaired) electrons. The quantitative estimate of drug-likeness (QED) is 0.232. The van der Waals surface area contributed by atoms with Crippen LogP contribution in [0.5, 0.6) is 5.75 Å². The second kappa shape index (κ2) is 10.8. The number of ketones is 1. The third kappa shape index (κ3) is 5.05. The molecule has 1 saturated heterocycles. The summed E-state index contributed by atoms with van der Waals surface area (Å²) in [4.78, 5) is 41.7. The molecule has 3 aromatic carbocycles. The Labute approximate surface area is 230 Å². The molecule has 4 rings (SSSR count). The van der Waals surface area contributed by atoms with Gasteiger partial charge in [-0.25, -0.2) is 0 Å². The van der Waals surface area contributed by atoms with Crippen LogP contribution in [-0.2, 0) is 14.4 Å². The van der Waals surface area contributed by atoms with Crippen molar-refractivity contribution in [2.75, 3.05) is 36.3 Å². The van der Waals surface area contributed by atoms with Gasteiger partial charge in [0.1, 0.15) is 5.76 Å². The SMILES string of the molecule is COc1c(Cl)cc(/C(O)=C2\C(=O)C(=O)N(c3cccc(NC(C)=O)c3)C2c2ccc(N(C)C)cc2)cc1Cl. The van der Waals surface area contributed by atoms with Crippen molar-refractivity contribution in [2.45, 2.75) is 13.0 Å². The van der Waals surface area contributed by atoms with E-state index in [9.17, 15) is 19.5 Å². The van der Waals surface area contributed by atoms with Crippen LogP contribution in [0.4, 0.5) is 17.1 Å². The van der Waals surface area contributed by atoms with Gasteiger partial charge in [-0.15, -0.1) is 0 Å². The van der Waals surface area contributed by atoms with Crippen molar-refractivity contribution in [1.29, 1.82) is 0 Å². The summed E-state index contributed by atoms with van der Waals surface area (Å²) >= 11 is 12.6. The van der Waals surface area contributed by atoms with E-state index in [1.807, 2.05) is 31.1 Å². The van der Waals surface area contributed by atoms with E-state index >= 15 is 0 Å². The Balaban J connectivity index is 1.94. The average molecular weight is 554 g/mol. The molecular weight excluding hydrogens is 529 g/mol. The molecule has 10 heteroatoms. The van der Waals surface area contributed by atoms with E-state index in [-0.39, 0.29) is 32.8 Å². The van der Waals surface area contributed by atoms with Gasteiger partial charge in [-0.1, -0.05) is 41.4 Å².